The first-order valence-electron chi connectivity index (χ1n) is 7.96. The number of rotatable bonds is 5. The summed E-state index contributed by atoms with van der Waals surface area (Å²) >= 11 is 0. The van der Waals surface area contributed by atoms with E-state index in [2.05, 4.69) is 10.1 Å². The van der Waals surface area contributed by atoms with Crippen molar-refractivity contribution in [3.05, 3.63) is 59.2 Å². The number of hydrogen-bond donors (Lipinski definition) is 1. The molecule has 2 aromatic carbocycles. The van der Waals surface area contributed by atoms with Crippen LogP contribution in [0, 0.1) is 0 Å². The van der Waals surface area contributed by atoms with Crippen LogP contribution in [0.3, 0.4) is 0 Å². The van der Waals surface area contributed by atoms with Gasteiger partial charge in [0.2, 0.25) is 0 Å². The van der Waals surface area contributed by atoms with Gasteiger partial charge in [0.1, 0.15) is 12.4 Å². The van der Waals surface area contributed by atoms with Gasteiger partial charge in [-0.3, -0.25) is 4.79 Å². The van der Waals surface area contributed by atoms with Crippen molar-refractivity contribution in [2.75, 3.05) is 5.32 Å². The van der Waals surface area contributed by atoms with Crippen LogP contribution in [0.2, 0.25) is 0 Å². The van der Waals surface area contributed by atoms with Crippen molar-refractivity contribution in [3.8, 4) is 5.75 Å². The Hall–Kier alpha value is -3.24. The molecule has 0 fully saturated rings. The monoisotopic (exact) mass is 419 g/mol. The third-order valence-corrected chi connectivity index (χ3v) is 3.96. The van der Waals surface area contributed by atoms with Crippen molar-refractivity contribution in [2.45, 2.75) is 25.1 Å². The molecule has 1 aliphatic rings. The van der Waals surface area contributed by atoms with Crippen molar-refractivity contribution in [1.82, 2.24) is 0 Å². The predicted molar refractivity (Wildman–Crippen MR) is 86.5 cm³/mol. The maximum Gasteiger partial charge on any atom is 0.460 e. The number of alkyl halides is 6. The third-order valence-electron chi connectivity index (χ3n) is 3.96. The fraction of sp³-hybridized carbons (Fsp3) is 0.222. The lowest BCUT2D eigenvalue weighted by atomic mass is 10.1. The molecule has 29 heavy (non-hydrogen) atoms. The fourth-order valence-electron chi connectivity index (χ4n) is 2.42. The number of anilines is 1. The summed E-state index contributed by atoms with van der Waals surface area (Å²) in [4.78, 5) is 23.6. The Morgan fingerprint density at radius 2 is 1.72 bits per heavy atom. The smallest absolute Gasteiger partial charge is 0.457 e. The van der Waals surface area contributed by atoms with Crippen molar-refractivity contribution < 1.29 is 45.4 Å². The van der Waals surface area contributed by atoms with Gasteiger partial charge in [-0.05, 0) is 42.5 Å². The fourth-order valence-corrected chi connectivity index (χ4v) is 2.42. The minimum atomic E-state index is -6.11. The number of carbonyl (C=O) groups excluding carboxylic acids is 2. The van der Waals surface area contributed by atoms with E-state index in [-0.39, 0.29) is 12.2 Å². The number of ether oxygens (including phenoxy) is 2. The highest BCUT2D eigenvalue weighted by atomic mass is 19.4. The molecule has 0 saturated heterocycles. The zero-order valence-corrected chi connectivity index (χ0v) is 14.2. The van der Waals surface area contributed by atoms with Crippen LogP contribution >= 0.6 is 0 Å². The lowest BCUT2D eigenvalue weighted by Gasteiger charge is -2.23. The van der Waals surface area contributed by atoms with E-state index in [1.807, 2.05) is 0 Å². The van der Waals surface area contributed by atoms with Gasteiger partial charge in [0.05, 0.1) is 5.56 Å². The van der Waals surface area contributed by atoms with Gasteiger partial charge in [-0.1, -0.05) is 0 Å². The number of amides is 1. The molecule has 0 radical (unpaired) electrons. The summed E-state index contributed by atoms with van der Waals surface area (Å²) in [6, 6.07) is 8.34. The second-order valence-corrected chi connectivity index (χ2v) is 5.98. The van der Waals surface area contributed by atoms with Gasteiger partial charge >= 0.3 is 24.4 Å². The van der Waals surface area contributed by atoms with Crippen LogP contribution in [0.25, 0.3) is 0 Å². The number of nitrogens with one attached hydrogen (secondary N) is 1. The quantitative estimate of drug-likeness (QED) is 0.574. The van der Waals surface area contributed by atoms with Crippen molar-refractivity contribution in [3.63, 3.8) is 0 Å². The molecular weight excluding hydrogens is 408 g/mol. The van der Waals surface area contributed by atoms with Gasteiger partial charge in [0.25, 0.3) is 5.91 Å². The maximum atomic E-state index is 13.2. The first-order chi connectivity index (χ1) is 13.5. The lowest BCUT2D eigenvalue weighted by Crippen LogP contribution is -2.47. The summed E-state index contributed by atoms with van der Waals surface area (Å²) < 4.78 is 84.2. The maximum absolute atomic E-state index is 13.2. The second kappa shape index (κ2) is 7.30. The molecule has 154 valence electrons. The van der Waals surface area contributed by atoms with Gasteiger partial charge in [0.15, 0.2) is 0 Å². The van der Waals surface area contributed by atoms with E-state index in [1.165, 1.54) is 18.2 Å². The first-order valence-corrected chi connectivity index (χ1v) is 7.96. The average molecular weight is 419 g/mol. The first kappa shape index (κ1) is 20.5. The zero-order chi connectivity index (χ0) is 21.4. The van der Waals surface area contributed by atoms with E-state index in [0.717, 1.165) is 24.3 Å². The van der Waals surface area contributed by atoms with Crippen LogP contribution in [0.1, 0.15) is 26.3 Å². The Labute approximate surface area is 159 Å². The van der Waals surface area contributed by atoms with E-state index in [4.69, 9.17) is 4.74 Å². The molecule has 0 spiro atoms. The lowest BCUT2D eigenvalue weighted by molar-refractivity contribution is -0.328. The van der Waals surface area contributed by atoms with E-state index < -0.39 is 36.1 Å². The highest BCUT2D eigenvalue weighted by Crippen LogP contribution is 2.40. The van der Waals surface area contributed by atoms with Crippen LogP contribution < -0.4 is 10.1 Å². The van der Waals surface area contributed by atoms with Gasteiger partial charge in [0, 0.05) is 16.8 Å². The average Bonchev–Trinajstić information content (AvgIpc) is 3.01. The number of halogens is 6. The van der Waals surface area contributed by atoms with E-state index in [1.54, 1.807) is 0 Å². The zero-order valence-electron chi connectivity index (χ0n) is 14.2. The van der Waals surface area contributed by atoms with Gasteiger partial charge in [-0.25, -0.2) is 4.79 Å². The molecule has 0 saturated carbocycles. The molecule has 0 aliphatic carbocycles. The molecule has 1 atom stereocenters. The molecule has 0 bridgehead atoms. The molecule has 1 aliphatic heterocycles. The highest BCUT2D eigenvalue weighted by molar-refractivity contribution is 6.04. The normalized spacial score (nSPS) is 14.8. The largest absolute Gasteiger partial charge is 0.460 e. The highest BCUT2D eigenvalue weighted by Gasteiger charge is 2.65. The Kier molecular flexibility index (Phi) is 5.16. The van der Waals surface area contributed by atoms with Gasteiger partial charge in [-0.2, -0.15) is 26.3 Å². The summed E-state index contributed by atoms with van der Waals surface area (Å²) in [6.45, 7) is 0.0663. The number of benzene rings is 2. The van der Waals surface area contributed by atoms with Crippen molar-refractivity contribution in [2.24, 2.45) is 0 Å². The molecule has 11 heteroatoms. The number of fused-ring (bicyclic) bond motifs is 1. The molecule has 5 nitrogen and oxygen atoms in total. The SMILES string of the molecule is O=C(Nc1ccc2c(c1)COC2=O)c1ccc(O[C@H](F)C(F)(F)C(F)(F)F)cc1. The molecule has 3 rings (SSSR count). The Balaban J connectivity index is 1.66. The molecule has 0 unspecified atom stereocenters. The predicted octanol–water partition coefficient (Wildman–Crippen LogP) is 4.48. The van der Waals surface area contributed by atoms with Crippen LogP contribution in [-0.2, 0) is 11.3 Å². The summed E-state index contributed by atoms with van der Waals surface area (Å²) in [5.74, 6) is -7.43. The Morgan fingerprint density at radius 1 is 1.07 bits per heavy atom. The molecule has 1 amide bonds. The molecular formula is C18H11F6NO4. The molecule has 0 aromatic heterocycles. The summed E-state index contributed by atoms with van der Waals surface area (Å²) in [6.07, 6.45) is -10.1. The minimum Gasteiger partial charge on any atom is -0.457 e. The van der Waals surface area contributed by atoms with Gasteiger partial charge in [-0.15, -0.1) is 0 Å². The summed E-state index contributed by atoms with van der Waals surface area (Å²) in [5.41, 5.74) is 1.31. The van der Waals surface area contributed by atoms with E-state index in [0.29, 0.717) is 16.8 Å². The summed E-state index contributed by atoms with van der Waals surface area (Å²) in [7, 11) is 0. The van der Waals surface area contributed by atoms with Crippen LogP contribution in [-0.4, -0.2) is 30.3 Å². The second-order valence-electron chi connectivity index (χ2n) is 5.98. The van der Waals surface area contributed by atoms with Gasteiger partial charge < -0.3 is 14.8 Å². The Morgan fingerprint density at radius 3 is 2.34 bits per heavy atom. The van der Waals surface area contributed by atoms with E-state index in [9.17, 15) is 35.9 Å². The van der Waals surface area contributed by atoms with Crippen LogP contribution in [0.15, 0.2) is 42.5 Å². The van der Waals surface area contributed by atoms with Crippen molar-refractivity contribution >= 4 is 17.6 Å². The number of cyclic esters (lactones) is 1. The minimum absolute atomic E-state index is 0.00293. The number of esters is 1. The third kappa shape index (κ3) is 4.13. The molecule has 1 heterocycles. The van der Waals surface area contributed by atoms with Crippen LogP contribution in [0.5, 0.6) is 5.75 Å². The standard InChI is InChI=1S/C18H11F6NO4/c19-16(17(20,21)18(22,23)24)29-12-4-1-9(2-5-12)14(26)25-11-3-6-13-10(7-11)8-28-15(13)27/h1-7,16H,8H2,(H,25,26)/t16-/m0/s1. The molecule has 2 aromatic rings. The van der Waals surface area contributed by atoms with Crippen molar-refractivity contribution in [1.29, 1.82) is 0 Å². The topological polar surface area (TPSA) is 64.6 Å². The van der Waals surface area contributed by atoms with E-state index >= 15 is 0 Å². The van der Waals surface area contributed by atoms with Crippen LogP contribution in [0.4, 0.5) is 32.0 Å². The summed E-state index contributed by atoms with van der Waals surface area (Å²) in [5, 5.41) is 2.52. The number of carbonyl (C=O) groups is 2. The Bertz CT molecular complexity index is 942. The number of hydrogen-bond acceptors (Lipinski definition) is 4. The molecule has 1 N–H and O–H groups in total.